The number of nitrogens with zero attached hydrogens (tertiary/aromatic N) is 1. The zero-order valence-electron chi connectivity index (χ0n) is 12.6. The van der Waals surface area contributed by atoms with Crippen LogP contribution in [0.5, 0.6) is 5.75 Å². The lowest BCUT2D eigenvalue weighted by Gasteiger charge is -2.24. The van der Waals surface area contributed by atoms with Crippen molar-refractivity contribution in [3.05, 3.63) is 54.8 Å². The van der Waals surface area contributed by atoms with Crippen LogP contribution in [0.2, 0.25) is 0 Å². The fourth-order valence-electron chi connectivity index (χ4n) is 2.51. The number of nitrogens with one attached hydrogen (secondary N) is 1. The van der Waals surface area contributed by atoms with Crippen LogP contribution < -0.4 is 10.1 Å². The van der Waals surface area contributed by atoms with E-state index in [0.29, 0.717) is 6.04 Å². The molecule has 0 aliphatic carbocycles. The summed E-state index contributed by atoms with van der Waals surface area (Å²) in [4.78, 5) is 4.07. The molecule has 1 N–H and O–H groups in total. The van der Waals surface area contributed by atoms with Gasteiger partial charge in [-0.25, -0.2) is 0 Å². The molecule has 0 saturated heterocycles. The van der Waals surface area contributed by atoms with E-state index in [1.165, 1.54) is 5.57 Å². The fraction of sp³-hybridized carbons (Fsp3) is 0.278. The molecule has 21 heavy (non-hydrogen) atoms. The van der Waals surface area contributed by atoms with E-state index in [1.54, 1.807) is 7.11 Å². The molecule has 0 saturated carbocycles. The van der Waals surface area contributed by atoms with Gasteiger partial charge in [0.25, 0.3) is 0 Å². The van der Waals surface area contributed by atoms with Gasteiger partial charge in [0.2, 0.25) is 0 Å². The average Bonchev–Trinajstić information content (AvgIpc) is 2.54. The summed E-state index contributed by atoms with van der Waals surface area (Å²) in [6, 6.07) is 6.17. The molecule has 1 unspecified atom stereocenters. The molecule has 0 amide bonds. The van der Waals surface area contributed by atoms with E-state index in [0.717, 1.165) is 41.8 Å². The van der Waals surface area contributed by atoms with Gasteiger partial charge in [-0.3, -0.25) is 4.99 Å². The number of allylic oxidation sites excluding steroid dienone is 2. The van der Waals surface area contributed by atoms with Crippen LogP contribution in [0.1, 0.15) is 24.8 Å². The molecule has 1 aromatic carbocycles. The SMILES string of the molecule is C=CC1=CNC(CC(=C)c2cc(OC)ccc2N=C)CC1. The van der Waals surface area contributed by atoms with Crippen LogP contribution >= 0.6 is 0 Å². The second-order valence-electron chi connectivity index (χ2n) is 5.17. The van der Waals surface area contributed by atoms with Gasteiger partial charge in [-0.05, 0) is 61.5 Å². The first-order chi connectivity index (χ1) is 10.2. The Labute approximate surface area is 126 Å². The number of hydrogen-bond acceptors (Lipinski definition) is 3. The summed E-state index contributed by atoms with van der Waals surface area (Å²) in [5.74, 6) is 0.809. The number of aliphatic imine (C=N–C) groups is 1. The third-order valence-corrected chi connectivity index (χ3v) is 3.80. The van der Waals surface area contributed by atoms with E-state index in [-0.39, 0.29) is 0 Å². The van der Waals surface area contributed by atoms with Crippen LogP contribution in [-0.2, 0) is 0 Å². The molecule has 0 fully saturated rings. The van der Waals surface area contributed by atoms with E-state index in [1.807, 2.05) is 30.5 Å². The van der Waals surface area contributed by atoms with Gasteiger partial charge in [-0.2, -0.15) is 0 Å². The summed E-state index contributed by atoms with van der Waals surface area (Å²) in [5.41, 5.74) is 4.15. The fourth-order valence-corrected chi connectivity index (χ4v) is 2.51. The normalized spacial score (nSPS) is 17.4. The summed E-state index contributed by atoms with van der Waals surface area (Å²) in [7, 11) is 1.66. The van der Waals surface area contributed by atoms with Gasteiger partial charge < -0.3 is 10.1 Å². The monoisotopic (exact) mass is 282 g/mol. The molecule has 110 valence electrons. The van der Waals surface area contributed by atoms with Crippen molar-refractivity contribution in [2.24, 2.45) is 4.99 Å². The maximum absolute atomic E-state index is 5.28. The van der Waals surface area contributed by atoms with Crippen LogP contribution in [0.4, 0.5) is 5.69 Å². The summed E-state index contributed by atoms with van der Waals surface area (Å²) in [6.45, 7) is 11.6. The van der Waals surface area contributed by atoms with Crippen LogP contribution in [0.3, 0.4) is 0 Å². The van der Waals surface area contributed by atoms with Crippen molar-refractivity contribution in [3.63, 3.8) is 0 Å². The van der Waals surface area contributed by atoms with E-state index in [4.69, 9.17) is 4.74 Å². The first kappa shape index (κ1) is 15.1. The molecule has 1 heterocycles. The first-order valence-electron chi connectivity index (χ1n) is 7.08. The quantitative estimate of drug-likeness (QED) is 0.791. The Hall–Kier alpha value is -2.29. The molecule has 3 nitrogen and oxygen atoms in total. The van der Waals surface area contributed by atoms with Gasteiger partial charge in [-0.15, -0.1) is 0 Å². The summed E-state index contributed by atoms with van der Waals surface area (Å²) >= 11 is 0. The van der Waals surface area contributed by atoms with Crippen LogP contribution in [0, 0.1) is 0 Å². The molecule has 0 radical (unpaired) electrons. The zero-order valence-corrected chi connectivity index (χ0v) is 12.6. The van der Waals surface area contributed by atoms with Crippen molar-refractivity contribution in [1.82, 2.24) is 5.32 Å². The highest BCUT2D eigenvalue weighted by Gasteiger charge is 2.16. The maximum Gasteiger partial charge on any atom is 0.119 e. The molecule has 2 rings (SSSR count). The number of rotatable bonds is 6. The van der Waals surface area contributed by atoms with Crippen molar-refractivity contribution in [2.75, 3.05) is 7.11 Å². The molecular weight excluding hydrogens is 260 g/mol. The van der Waals surface area contributed by atoms with Crippen LogP contribution in [0.25, 0.3) is 5.57 Å². The molecule has 1 aliphatic rings. The lowest BCUT2D eigenvalue weighted by Crippen LogP contribution is -2.28. The molecule has 3 heteroatoms. The number of benzene rings is 1. The standard InChI is InChI=1S/C18H22N2O/c1-5-14-6-7-15(20-12-14)10-13(2)17-11-16(21-4)8-9-18(17)19-3/h5,8-9,11-12,15,20H,1-3,6-7,10H2,4H3. The molecule has 0 spiro atoms. The van der Waals surface area contributed by atoms with Gasteiger partial charge in [0, 0.05) is 11.6 Å². The zero-order chi connectivity index (χ0) is 15.2. The van der Waals surface area contributed by atoms with Crippen molar-refractivity contribution in [1.29, 1.82) is 0 Å². The Bertz CT molecular complexity index is 587. The Balaban J connectivity index is 2.12. The van der Waals surface area contributed by atoms with Crippen molar-refractivity contribution in [3.8, 4) is 5.75 Å². The predicted molar refractivity (Wildman–Crippen MR) is 90.3 cm³/mol. The van der Waals surface area contributed by atoms with Crippen molar-refractivity contribution >= 4 is 18.0 Å². The second kappa shape index (κ2) is 6.93. The van der Waals surface area contributed by atoms with Crippen molar-refractivity contribution in [2.45, 2.75) is 25.3 Å². The third kappa shape index (κ3) is 3.63. The Kier molecular flexibility index (Phi) is 4.99. The van der Waals surface area contributed by atoms with Gasteiger partial charge in [0.1, 0.15) is 5.75 Å². The van der Waals surface area contributed by atoms with E-state index in [9.17, 15) is 0 Å². The molecule has 1 aromatic rings. The minimum absolute atomic E-state index is 0.394. The predicted octanol–water partition coefficient (Wildman–Crippen LogP) is 4.25. The van der Waals surface area contributed by atoms with Gasteiger partial charge in [0.05, 0.1) is 12.8 Å². The molecule has 0 aromatic heterocycles. The van der Waals surface area contributed by atoms with Crippen molar-refractivity contribution < 1.29 is 4.74 Å². The molecule has 0 bridgehead atoms. The van der Waals surface area contributed by atoms with Gasteiger partial charge in [0.15, 0.2) is 0 Å². The van der Waals surface area contributed by atoms with Crippen LogP contribution in [0.15, 0.2) is 54.2 Å². The summed E-state index contributed by atoms with van der Waals surface area (Å²) in [5, 5.41) is 3.42. The highest BCUT2D eigenvalue weighted by molar-refractivity contribution is 5.75. The molecule has 1 aliphatic heterocycles. The topological polar surface area (TPSA) is 33.6 Å². The van der Waals surface area contributed by atoms with Crippen LogP contribution in [-0.4, -0.2) is 19.9 Å². The lowest BCUT2D eigenvalue weighted by atomic mass is 9.93. The first-order valence-corrected chi connectivity index (χ1v) is 7.08. The van der Waals surface area contributed by atoms with Gasteiger partial charge in [-0.1, -0.05) is 19.2 Å². The highest BCUT2D eigenvalue weighted by atomic mass is 16.5. The highest BCUT2D eigenvalue weighted by Crippen LogP contribution is 2.32. The Morgan fingerprint density at radius 1 is 1.52 bits per heavy atom. The van der Waals surface area contributed by atoms with E-state index in [2.05, 4.69) is 30.2 Å². The number of methoxy groups -OCH3 is 1. The Morgan fingerprint density at radius 3 is 2.90 bits per heavy atom. The summed E-state index contributed by atoms with van der Waals surface area (Å²) in [6.07, 6.45) is 6.96. The minimum atomic E-state index is 0.394. The van der Waals surface area contributed by atoms with Gasteiger partial charge >= 0.3 is 0 Å². The average molecular weight is 282 g/mol. The number of hydrogen-bond donors (Lipinski definition) is 1. The lowest BCUT2D eigenvalue weighted by molar-refractivity contribution is 0.414. The smallest absolute Gasteiger partial charge is 0.119 e. The van der Waals surface area contributed by atoms with E-state index >= 15 is 0 Å². The Morgan fingerprint density at radius 2 is 2.33 bits per heavy atom. The molecular formula is C18H22N2O. The van der Waals surface area contributed by atoms with E-state index < -0.39 is 0 Å². The third-order valence-electron chi connectivity index (χ3n) is 3.80. The second-order valence-corrected chi connectivity index (χ2v) is 5.17. The molecule has 1 atom stereocenters. The minimum Gasteiger partial charge on any atom is -0.497 e. The maximum atomic E-state index is 5.28. The summed E-state index contributed by atoms with van der Waals surface area (Å²) < 4.78 is 5.28. The largest absolute Gasteiger partial charge is 0.497 e. The number of ether oxygens (including phenoxy) is 1.